The molecule has 2 rings (SSSR count). The minimum atomic E-state index is -0.286. The van der Waals surface area contributed by atoms with E-state index in [0.717, 1.165) is 19.4 Å². The lowest BCUT2D eigenvalue weighted by Gasteiger charge is -2.07. The monoisotopic (exact) mass is 285 g/mol. The average Bonchev–Trinajstić information content (AvgIpc) is 2.34. The van der Waals surface area contributed by atoms with Gasteiger partial charge >= 0.3 is 0 Å². The van der Waals surface area contributed by atoms with E-state index < -0.39 is 0 Å². The second-order valence-corrected chi connectivity index (χ2v) is 4.76. The van der Waals surface area contributed by atoms with Gasteiger partial charge in [0, 0.05) is 6.54 Å². The molecule has 1 heterocycles. The quantitative estimate of drug-likeness (QED) is 0.846. The maximum absolute atomic E-state index is 11.9. The van der Waals surface area contributed by atoms with E-state index in [0.29, 0.717) is 26.9 Å². The number of hydrogen-bond donors (Lipinski definition) is 2. The van der Waals surface area contributed by atoms with Crippen molar-refractivity contribution in [3.05, 3.63) is 32.5 Å². The molecule has 0 bridgehead atoms. The van der Waals surface area contributed by atoms with Crippen LogP contribution < -0.4 is 10.9 Å². The molecule has 0 spiro atoms. The molecule has 0 saturated heterocycles. The van der Waals surface area contributed by atoms with Crippen LogP contribution in [0.4, 0.5) is 5.95 Å². The number of nitrogens with zero attached hydrogens (tertiary/aromatic N) is 1. The van der Waals surface area contributed by atoms with Crippen LogP contribution in [0.1, 0.15) is 19.8 Å². The van der Waals surface area contributed by atoms with Gasteiger partial charge in [0.2, 0.25) is 5.95 Å². The van der Waals surface area contributed by atoms with Gasteiger partial charge in [-0.15, -0.1) is 0 Å². The van der Waals surface area contributed by atoms with Crippen LogP contribution >= 0.6 is 23.2 Å². The number of anilines is 1. The molecule has 6 heteroatoms. The number of H-pyrrole nitrogens is 1. The van der Waals surface area contributed by atoms with Crippen LogP contribution in [0.2, 0.25) is 10.0 Å². The Morgan fingerprint density at radius 3 is 2.78 bits per heavy atom. The van der Waals surface area contributed by atoms with E-state index in [1.165, 1.54) is 0 Å². The molecule has 0 atom stereocenters. The maximum Gasteiger partial charge on any atom is 0.261 e. The van der Waals surface area contributed by atoms with Crippen molar-refractivity contribution in [2.45, 2.75) is 19.8 Å². The number of aromatic amines is 1. The van der Waals surface area contributed by atoms with Crippen LogP contribution in [0.25, 0.3) is 10.9 Å². The molecule has 0 aliphatic rings. The lowest BCUT2D eigenvalue weighted by atomic mass is 10.2. The molecule has 0 amide bonds. The first-order valence-corrected chi connectivity index (χ1v) is 6.51. The van der Waals surface area contributed by atoms with Gasteiger partial charge in [0.25, 0.3) is 5.56 Å². The normalized spacial score (nSPS) is 10.8. The molecule has 4 nitrogen and oxygen atoms in total. The van der Waals surface area contributed by atoms with Crippen molar-refractivity contribution < 1.29 is 0 Å². The van der Waals surface area contributed by atoms with Gasteiger partial charge in [-0.1, -0.05) is 36.5 Å². The fraction of sp³-hybridized carbons (Fsp3) is 0.333. The Labute approximate surface area is 114 Å². The lowest BCUT2D eigenvalue weighted by Crippen LogP contribution is -2.14. The highest BCUT2D eigenvalue weighted by Crippen LogP contribution is 2.25. The highest BCUT2D eigenvalue weighted by atomic mass is 35.5. The largest absolute Gasteiger partial charge is 0.356 e. The number of halogens is 2. The predicted octanol–water partition coefficient (Wildman–Crippen LogP) is 3.44. The van der Waals surface area contributed by atoms with Crippen LogP contribution in [0.5, 0.6) is 0 Å². The van der Waals surface area contributed by atoms with E-state index >= 15 is 0 Å². The third kappa shape index (κ3) is 2.60. The van der Waals surface area contributed by atoms with Crippen molar-refractivity contribution in [2.75, 3.05) is 11.9 Å². The zero-order valence-electron chi connectivity index (χ0n) is 9.89. The maximum atomic E-state index is 11.9. The Hall–Kier alpha value is -1.26. The van der Waals surface area contributed by atoms with Gasteiger partial charge in [0.15, 0.2) is 0 Å². The molecular formula is C12H13Cl2N3O. The Bertz CT molecular complexity index is 624. The molecule has 0 unspecified atom stereocenters. The third-order valence-electron chi connectivity index (χ3n) is 2.58. The van der Waals surface area contributed by atoms with Crippen molar-refractivity contribution in [2.24, 2.45) is 0 Å². The fourth-order valence-corrected chi connectivity index (χ4v) is 2.08. The summed E-state index contributed by atoms with van der Waals surface area (Å²) in [6.45, 7) is 2.85. The Balaban J connectivity index is 2.48. The third-order valence-corrected chi connectivity index (χ3v) is 3.20. The van der Waals surface area contributed by atoms with Crippen molar-refractivity contribution in [3.8, 4) is 0 Å². The highest BCUT2D eigenvalue weighted by Gasteiger charge is 2.10. The predicted molar refractivity (Wildman–Crippen MR) is 75.8 cm³/mol. The number of unbranched alkanes of at least 4 members (excludes halogenated alkanes) is 1. The topological polar surface area (TPSA) is 57.8 Å². The fourth-order valence-electron chi connectivity index (χ4n) is 1.64. The molecule has 1 aromatic carbocycles. The molecule has 18 heavy (non-hydrogen) atoms. The zero-order valence-corrected chi connectivity index (χ0v) is 11.4. The Morgan fingerprint density at radius 2 is 2.06 bits per heavy atom. The minimum Gasteiger partial charge on any atom is -0.356 e. The molecule has 2 aromatic rings. The number of benzene rings is 1. The highest BCUT2D eigenvalue weighted by molar-refractivity contribution is 6.39. The summed E-state index contributed by atoms with van der Waals surface area (Å²) >= 11 is 12.0. The molecule has 1 aromatic heterocycles. The van der Waals surface area contributed by atoms with Crippen molar-refractivity contribution in [1.82, 2.24) is 9.97 Å². The molecular weight excluding hydrogens is 273 g/mol. The summed E-state index contributed by atoms with van der Waals surface area (Å²) in [6, 6.07) is 3.22. The van der Waals surface area contributed by atoms with Gasteiger partial charge in [-0.2, -0.15) is 0 Å². The summed E-state index contributed by atoms with van der Waals surface area (Å²) in [5, 5.41) is 4.15. The smallest absolute Gasteiger partial charge is 0.261 e. The van der Waals surface area contributed by atoms with Crippen molar-refractivity contribution in [1.29, 1.82) is 0 Å². The van der Waals surface area contributed by atoms with E-state index in [2.05, 4.69) is 22.2 Å². The van der Waals surface area contributed by atoms with Gasteiger partial charge < -0.3 is 5.32 Å². The van der Waals surface area contributed by atoms with Gasteiger partial charge in [0.1, 0.15) is 0 Å². The summed E-state index contributed by atoms with van der Waals surface area (Å²) in [6.07, 6.45) is 2.07. The van der Waals surface area contributed by atoms with Crippen LogP contribution in [-0.2, 0) is 0 Å². The van der Waals surface area contributed by atoms with Crippen molar-refractivity contribution >= 4 is 40.1 Å². The van der Waals surface area contributed by atoms with E-state index in [1.807, 2.05) is 0 Å². The molecule has 0 saturated carbocycles. The first-order chi connectivity index (χ1) is 8.63. The molecule has 2 N–H and O–H groups in total. The lowest BCUT2D eigenvalue weighted by molar-refractivity contribution is 0.826. The van der Waals surface area contributed by atoms with E-state index in [-0.39, 0.29) is 5.56 Å². The molecule has 0 aliphatic carbocycles. The van der Waals surface area contributed by atoms with Crippen molar-refractivity contribution in [3.63, 3.8) is 0 Å². The number of hydrogen-bond acceptors (Lipinski definition) is 3. The number of fused-ring (bicyclic) bond motifs is 1. The summed E-state index contributed by atoms with van der Waals surface area (Å²) in [5.74, 6) is 0.421. The molecule has 0 radical (unpaired) electrons. The minimum absolute atomic E-state index is 0.286. The molecule has 0 aliphatic heterocycles. The SMILES string of the molecule is CCCCNc1nc2c(Cl)ccc(Cl)c2c(=O)[nH]1. The summed E-state index contributed by atoms with van der Waals surface area (Å²) < 4.78 is 0. The number of aromatic nitrogens is 2. The van der Waals surface area contributed by atoms with Crippen LogP contribution in [0, 0.1) is 0 Å². The Kier molecular flexibility index (Phi) is 4.09. The van der Waals surface area contributed by atoms with Crippen LogP contribution in [-0.4, -0.2) is 16.5 Å². The van der Waals surface area contributed by atoms with Gasteiger partial charge in [-0.3, -0.25) is 9.78 Å². The molecule has 96 valence electrons. The van der Waals surface area contributed by atoms with Crippen LogP contribution in [0.3, 0.4) is 0 Å². The summed E-state index contributed by atoms with van der Waals surface area (Å²) in [4.78, 5) is 18.9. The zero-order chi connectivity index (χ0) is 13.1. The molecule has 0 fully saturated rings. The van der Waals surface area contributed by atoms with E-state index in [1.54, 1.807) is 12.1 Å². The first kappa shape index (κ1) is 13.2. The second kappa shape index (κ2) is 5.59. The summed E-state index contributed by atoms with van der Waals surface area (Å²) in [7, 11) is 0. The number of rotatable bonds is 4. The average molecular weight is 286 g/mol. The Morgan fingerprint density at radius 1 is 1.33 bits per heavy atom. The standard InChI is InChI=1S/C12H13Cl2N3O/c1-2-3-6-15-12-16-10-8(14)5-4-7(13)9(10)11(18)17-12/h4-5H,2-3,6H2,1H3,(H2,15,16,17,18). The second-order valence-electron chi connectivity index (χ2n) is 3.95. The van der Waals surface area contributed by atoms with Crippen LogP contribution in [0.15, 0.2) is 16.9 Å². The van der Waals surface area contributed by atoms with E-state index in [9.17, 15) is 4.79 Å². The first-order valence-electron chi connectivity index (χ1n) is 5.75. The van der Waals surface area contributed by atoms with Gasteiger partial charge in [-0.25, -0.2) is 4.98 Å². The summed E-state index contributed by atoms with van der Waals surface area (Å²) in [5.41, 5.74) is 0.137. The van der Waals surface area contributed by atoms with Gasteiger partial charge in [0.05, 0.1) is 20.9 Å². The number of nitrogens with one attached hydrogen (secondary N) is 2. The van der Waals surface area contributed by atoms with E-state index in [4.69, 9.17) is 23.2 Å². The van der Waals surface area contributed by atoms with Gasteiger partial charge in [-0.05, 0) is 18.6 Å².